The number of allylic oxidation sites excluding steroid dienone is 1. The summed E-state index contributed by atoms with van der Waals surface area (Å²) in [6, 6.07) is 17.7. The number of halogens is 2. The van der Waals surface area contributed by atoms with E-state index < -0.39 is 5.97 Å². The first-order chi connectivity index (χ1) is 13.9. The molecule has 0 spiro atoms. The van der Waals surface area contributed by atoms with E-state index in [1.54, 1.807) is 49.4 Å². The van der Waals surface area contributed by atoms with E-state index >= 15 is 0 Å². The molecule has 0 saturated heterocycles. The summed E-state index contributed by atoms with van der Waals surface area (Å²) in [4.78, 5) is 25.2. The van der Waals surface area contributed by atoms with Crippen molar-refractivity contribution in [3.05, 3.63) is 97.6 Å². The maximum Gasteiger partial charge on any atom is 0.343 e. The second-order valence-electron chi connectivity index (χ2n) is 6.47. The predicted molar refractivity (Wildman–Crippen MR) is 117 cm³/mol. The number of ether oxygens (including phenoxy) is 2. The number of hydrogen-bond acceptors (Lipinski definition) is 4. The Morgan fingerprint density at radius 3 is 2.48 bits per heavy atom. The molecule has 3 aromatic carbocycles. The first-order valence-electron chi connectivity index (χ1n) is 8.73. The van der Waals surface area contributed by atoms with Crippen LogP contribution in [0.25, 0.3) is 6.08 Å². The van der Waals surface area contributed by atoms with E-state index in [0.717, 1.165) is 14.5 Å². The van der Waals surface area contributed by atoms with Gasteiger partial charge in [-0.15, -0.1) is 0 Å². The van der Waals surface area contributed by atoms with Crippen LogP contribution in [-0.2, 0) is 0 Å². The third-order valence-corrected chi connectivity index (χ3v) is 5.68. The second-order valence-corrected chi connectivity index (χ2v) is 8.24. The van der Waals surface area contributed by atoms with Crippen molar-refractivity contribution >= 4 is 49.7 Å². The SMILES string of the molecule is Cc1cc(OC(=O)c2ccc(Br)cc2)cc2c1C(=O)/C(=C/c1ccccc1Br)O2. The van der Waals surface area contributed by atoms with E-state index in [9.17, 15) is 9.59 Å². The zero-order valence-corrected chi connectivity index (χ0v) is 18.4. The summed E-state index contributed by atoms with van der Waals surface area (Å²) in [6.07, 6.45) is 1.69. The lowest BCUT2D eigenvalue weighted by Crippen LogP contribution is -2.08. The van der Waals surface area contributed by atoms with E-state index in [2.05, 4.69) is 31.9 Å². The molecule has 1 heterocycles. The number of benzene rings is 3. The van der Waals surface area contributed by atoms with Crippen LogP contribution in [0.2, 0.25) is 0 Å². The van der Waals surface area contributed by atoms with E-state index in [4.69, 9.17) is 9.47 Å². The predicted octanol–water partition coefficient (Wildman–Crippen LogP) is 6.36. The zero-order valence-electron chi connectivity index (χ0n) is 15.2. The van der Waals surface area contributed by atoms with E-state index in [1.807, 2.05) is 24.3 Å². The van der Waals surface area contributed by atoms with E-state index in [0.29, 0.717) is 28.2 Å². The van der Waals surface area contributed by atoms with Crippen molar-refractivity contribution in [2.24, 2.45) is 0 Å². The first kappa shape index (κ1) is 19.6. The Bertz CT molecular complexity index is 1160. The molecule has 0 fully saturated rings. The molecule has 6 heteroatoms. The average molecular weight is 514 g/mol. The molecule has 1 aliphatic heterocycles. The fourth-order valence-corrected chi connectivity index (χ4v) is 3.69. The van der Waals surface area contributed by atoms with Gasteiger partial charge in [0.25, 0.3) is 0 Å². The first-order valence-corrected chi connectivity index (χ1v) is 10.3. The smallest absolute Gasteiger partial charge is 0.343 e. The van der Waals surface area contributed by atoms with Crippen molar-refractivity contribution in [2.75, 3.05) is 0 Å². The Balaban J connectivity index is 1.62. The molecule has 0 N–H and O–H groups in total. The van der Waals surface area contributed by atoms with Crippen LogP contribution in [0, 0.1) is 6.92 Å². The van der Waals surface area contributed by atoms with Gasteiger partial charge in [-0.1, -0.05) is 50.1 Å². The quantitative estimate of drug-likeness (QED) is 0.232. The van der Waals surface area contributed by atoms with Crippen molar-refractivity contribution in [2.45, 2.75) is 6.92 Å². The largest absolute Gasteiger partial charge is 0.452 e. The summed E-state index contributed by atoms with van der Waals surface area (Å²) in [5, 5.41) is 0. The lowest BCUT2D eigenvalue weighted by atomic mass is 10.0. The Kier molecular flexibility index (Phi) is 5.39. The Morgan fingerprint density at radius 1 is 1.03 bits per heavy atom. The van der Waals surface area contributed by atoms with Gasteiger partial charge in [0, 0.05) is 15.0 Å². The molecule has 4 nitrogen and oxygen atoms in total. The summed E-state index contributed by atoms with van der Waals surface area (Å²) in [5.74, 6) is 0.256. The maximum atomic E-state index is 12.8. The number of carbonyl (C=O) groups is 2. The minimum atomic E-state index is -0.481. The summed E-state index contributed by atoms with van der Waals surface area (Å²) >= 11 is 6.80. The topological polar surface area (TPSA) is 52.6 Å². The number of ketones is 1. The Hall–Kier alpha value is -2.70. The minimum Gasteiger partial charge on any atom is -0.452 e. The number of esters is 1. The molecule has 4 rings (SSSR count). The van der Waals surface area contributed by atoms with Gasteiger partial charge < -0.3 is 9.47 Å². The van der Waals surface area contributed by atoms with Gasteiger partial charge in [0.1, 0.15) is 11.5 Å². The molecule has 0 bridgehead atoms. The fraction of sp³-hybridized carbons (Fsp3) is 0.0435. The van der Waals surface area contributed by atoms with Crippen molar-refractivity contribution in [1.29, 1.82) is 0 Å². The van der Waals surface area contributed by atoms with Crippen molar-refractivity contribution < 1.29 is 19.1 Å². The van der Waals surface area contributed by atoms with Crippen LogP contribution in [0.1, 0.15) is 31.8 Å². The molecule has 0 radical (unpaired) electrons. The summed E-state index contributed by atoms with van der Waals surface area (Å²) in [6.45, 7) is 1.79. The number of Topliss-reactive ketones (excluding diaryl/α,β-unsaturated/α-hetero) is 1. The zero-order chi connectivity index (χ0) is 20.5. The molecule has 29 heavy (non-hydrogen) atoms. The molecule has 0 amide bonds. The van der Waals surface area contributed by atoms with E-state index in [1.165, 1.54) is 0 Å². The molecular weight excluding hydrogens is 500 g/mol. The molecule has 0 atom stereocenters. The minimum absolute atomic E-state index is 0.195. The van der Waals surface area contributed by atoms with Crippen molar-refractivity contribution in [3.63, 3.8) is 0 Å². The monoisotopic (exact) mass is 512 g/mol. The van der Waals surface area contributed by atoms with Gasteiger partial charge in [-0.05, 0) is 60.5 Å². The third kappa shape index (κ3) is 4.04. The fourth-order valence-electron chi connectivity index (χ4n) is 3.02. The molecule has 0 aromatic heterocycles. The molecule has 0 aliphatic carbocycles. The number of carbonyl (C=O) groups excluding carboxylic acids is 2. The van der Waals surface area contributed by atoms with Gasteiger partial charge >= 0.3 is 5.97 Å². The Morgan fingerprint density at radius 2 is 1.76 bits per heavy atom. The van der Waals surface area contributed by atoms with Crippen LogP contribution < -0.4 is 9.47 Å². The summed E-state index contributed by atoms with van der Waals surface area (Å²) < 4.78 is 13.0. The normalized spacial score (nSPS) is 13.9. The van der Waals surface area contributed by atoms with Crippen molar-refractivity contribution in [3.8, 4) is 11.5 Å². The van der Waals surface area contributed by atoms with Crippen LogP contribution in [-0.4, -0.2) is 11.8 Å². The number of aryl methyl sites for hydroxylation is 1. The van der Waals surface area contributed by atoms with Crippen LogP contribution in [0.5, 0.6) is 11.5 Å². The molecule has 0 saturated carbocycles. The van der Waals surface area contributed by atoms with Gasteiger partial charge in [-0.3, -0.25) is 4.79 Å². The highest BCUT2D eigenvalue weighted by Crippen LogP contribution is 2.38. The molecule has 3 aromatic rings. The average Bonchev–Trinajstić information content (AvgIpc) is 3.00. The van der Waals surface area contributed by atoms with Crippen LogP contribution in [0.15, 0.2) is 75.4 Å². The highest BCUT2D eigenvalue weighted by Gasteiger charge is 2.30. The summed E-state index contributed by atoms with van der Waals surface area (Å²) in [5.41, 5.74) is 2.43. The number of hydrogen-bond donors (Lipinski definition) is 0. The van der Waals surface area contributed by atoms with E-state index in [-0.39, 0.29) is 11.5 Å². The molecule has 144 valence electrons. The van der Waals surface area contributed by atoms with Crippen molar-refractivity contribution in [1.82, 2.24) is 0 Å². The van der Waals surface area contributed by atoms with Gasteiger partial charge in [-0.25, -0.2) is 4.79 Å². The van der Waals surface area contributed by atoms with Gasteiger partial charge in [0.2, 0.25) is 5.78 Å². The maximum absolute atomic E-state index is 12.8. The standard InChI is InChI=1S/C23H14Br2O4/c1-13-10-17(28-23(27)14-6-8-16(24)9-7-14)12-19-21(13)22(26)20(29-19)11-15-4-2-3-5-18(15)25/h2-12H,1H3/b20-11-. The molecule has 1 aliphatic rings. The number of rotatable bonds is 3. The lowest BCUT2D eigenvalue weighted by molar-refractivity contribution is 0.0734. The van der Waals surface area contributed by atoms with Crippen LogP contribution >= 0.6 is 31.9 Å². The third-order valence-electron chi connectivity index (χ3n) is 4.43. The molecule has 0 unspecified atom stereocenters. The highest BCUT2D eigenvalue weighted by atomic mass is 79.9. The van der Waals surface area contributed by atoms with Gasteiger partial charge in [-0.2, -0.15) is 0 Å². The number of fused-ring (bicyclic) bond motifs is 1. The highest BCUT2D eigenvalue weighted by molar-refractivity contribution is 9.10. The van der Waals surface area contributed by atoms with Crippen LogP contribution in [0.4, 0.5) is 0 Å². The van der Waals surface area contributed by atoms with Crippen LogP contribution in [0.3, 0.4) is 0 Å². The lowest BCUT2D eigenvalue weighted by Gasteiger charge is -2.08. The Labute approximate surface area is 184 Å². The molecular formula is C23H14Br2O4. The van der Waals surface area contributed by atoms with Gasteiger partial charge in [0.05, 0.1) is 11.1 Å². The second kappa shape index (κ2) is 7.97. The van der Waals surface area contributed by atoms with Gasteiger partial charge in [0.15, 0.2) is 5.76 Å². The summed E-state index contributed by atoms with van der Waals surface area (Å²) in [7, 11) is 0.